The number of aromatic nitrogens is 5. The number of pyridine rings is 1. The van der Waals surface area contributed by atoms with Gasteiger partial charge in [0, 0.05) is 19.7 Å². The molecule has 5 rings (SSSR count). The van der Waals surface area contributed by atoms with E-state index in [4.69, 9.17) is 17.3 Å². The Bertz CT molecular complexity index is 1660. The Morgan fingerprint density at radius 3 is 2.43 bits per heavy atom. The molecule has 0 saturated carbocycles. The Hall–Kier alpha value is -3.80. The van der Waals surface area contributed by atoms with Crippen molar-refractivity contribution < 1.29 is 12.8 Å². The molecule has 35 heavy (non-hydrogen) atoms. The van der Waals surface area contributed by atoms with Crippen molar-refractivity contribution in [1.29, 1.82) is 0 Å². The first-order chi connectivity index (χ1) is 16.7. The number of hydrogen-bond donors (Lipinski definition) is 2. The number of nitrogen functional groups attached to an aromatic ring is 1. The molecule has 0 unspecified atom stereocenters. The van der Waals surface area contributed by atoms with Crippen molar-refractivity contribution in [2.75, 3.05) is 19.8 Å². The predicted molar refractivity (Wildman–Crippen MR) is 133 cm³/mol. The highest BCUT2D eigenvalue weighted by atomic mass is 35.5. The molecule has 0 amide bonds. The highest BCUT2D eigenvalue weighted by Crippen LogP contribution is 2.36. The lowest BCUT2D eigenvalue weighted by Crippen LogP contribution is -2.29. The molecule has 0 atom stereocenters. The topological polar surface area (TPSA) is 123 Å². The van der Waals surface area contributed by atoms with E-state index >= 15 is 0 Å². The summed E-state index contributed by atoms with van der Waals surface area (Å²) in [6, 6.07) is 16.9. The largest absolute Gasteiger partial charge is 0.368 e. The van der Waals surface area contributed by atoms with E-state index in [9.17, 15) is 12.8 Å². The standard InChI is InChI=1S/C23H19ClFN7O2S/c1-31(2)35(33,34)32-22-17(28-23(32)26)12-11-16(27-22)20-19(13-7-4-3-5-8-13)29-21(30-20)18-14(24)9-6-10-15(18)25/h3-12H,1-2H3,(H2,26,28)(H,29,30). The smallest absolute Gasteiger partial charge is 0.311 e. The fourth-order valence-corrected chi connectivity index (χ4v) is 4.90. The average molecular weight is 512 g/mol. The summed E-state index contributed by atoms with van der Waals surface area (Å²) in [5.41, 5.74) is 8.43. The van der Waals surface area contributed by atoms with Gasteiger partial charge in [-0.05, 0) is 24.3 Å². The zero-order chi connectivity index (χ0) is 24.9. The molecule has 0 saturated heterocycles. The van der Waals surface area contributed by atoms with Crippen LogP contribution < -0.4 is 5.73 Å². The van der Waals surface area contributed by atoms with E-state index in [2.05, 4.69) is 19.9 Å². The number of fused-ring (bicyclic) bond motifs is 1. The van der Waals surface area contributed by atoms with Gasteiger partial charge in [-0.25, -0.2) is 19.3 Å². The van der Waals surface area contributed by atoms with Crippen molar-refractivity contribution in [2.24, 2.45) is 0 Å². The molecule has 0 bridgehead atoms. The molecule has 3 aromatic heterocycles. The number of halogens is 2. The summed E-state index contributed by atoms with van der Waals surface area (Å²) in [4.78, 5) is 16.5. The normalized spacial score (nSPS) is 12.0. The van der Waals surface area contributed by atoms with E-state index in [1.807, 2.05) is 30.3 Å². The number of aromatic amines is 1. The van der Waals surface area contributed by atoms with E-state index in [0.29, 0.717) is 22.6 Å². The van der Waals surface area contributed by atoms with Gasteiger partial charge in [-0.3, -0.25) is 0 Å². The number of nitrogens with zero attached hydrogens (tertiary/aromatic N) is 5. The lowest BCUT2D eigenvalue weighted by Gasteiger charge is -2.13. The van der Waals surface area contributed by atoms with Crippen molar-refractivity contribution in [3.63, 3.8) is 0 Å². The summed E-state index contributed by atoms with van der Waals surface area (Å²) in [5, 5.41) is 0.191. The van der Waals surface area contributed by atoms with Gasteiger partial charge in [0.1, 0.15) is 17.2 Å². The fraction of sp³-hybridized carbons (Fsp3) is 0.0870. The molecule has 0 fully saturated rings. The first-order valence-electron chi connectivity index (χ1n) is 10.4. The number of imidazole rings is 2. The summed E-state index contributed by atoms with van der Waals surface area (Å²) in [6.45, 7) is 0. The lowest BCUT2D eigenvalue weighted by atomic mass is 10.1. The molecule has 3 N–H and O–H groups in total. The van der Waals surface area contributed by atoms with Crippen molar-refractivity contribution in [1.82, 2.24) is 28.2 Å². The quantitative estimate of drug-likeness (QED) is 0.365. The highest BCUT2D eigenvalue weighted by Gasteiger charge is 2.26. The first kappa shape index (κ1) is 23.0. The summed E-state index contributed by atoms with van der Waals surface area (Å²) in [5.74, 6) is -0.549. The summed E-state index contributed by atoms with van der Waals surface area (Å²) in [6.07, 6.45) is 0. The van der Waals surface area contributed by atoms with E-state index in [1.54, 1.807) is 18.2 Å². The van der Waals surface area contributed by atoms with Crippen molar-refractivity contribution in [3.8, 4) is 34.0 Å². The number of benzene rings is 2. The van der Waals surface area contributed by atoms with Gasteiger partial charge in [-0.1, -0.05) is 48.0 Å². The minimum atomic E-state index is -3.99. The summed E-state index contributed by atoms with van der Waals surface area (Å²) < 4.78 is 42.3. The molecule has 0 spiro atoms. The molecule has 9 nitrogen and oxygen atoms in total. The van der Waals surface area contributed by atoms with Crippen LogP contribution in [-0.2, 0) is 10.2 Å². The Labute approximate surface area is 205 Å². The Balaban J connectivity index is 1.78. The molecule has 0 aliphatic heterocycles. The van der Waals surface area contributed by atoms with Crippen LogP contribution in [0, 0.1) is 5.82 Å². The number of nitrogens with one attached hydrogen (secondary N) is 1. The molecule has 12 heteroatoms. The Kier molecular flexibility index (Phi) is 5.55. The van der Waals surface area contributed by atoms with E-state index in [1.165, 1.54) is 26.2 Å². The second kappa shape index (κ2) is 8.45. The second-order valence-corrected chi connectivity index (χ2v) is 10.2. The van der Waals surface area contributed by atoms with Crippen molar-refractivity contribution in [3.05, 3.63) is 71.5 Å². The number of H-pyrrole nitrogens is 1. The van der Waals surface area contributed by atoms with Crippen LogP contribution in [0.3, 0.4) is 0 Å². The average Bonchev–Trinajstić information content (AvgIpc) is 3.40. The van der Waals surface area contributed by atoms with Gasteiger partial charge in [0.05, 0.1) is 27.7 Å². The van der Waals surface area contributed by atoms with Crippen LogP contribution in [0.2, 0.25) is 5.02 Å². The SMILES string of the molecule is CN(C)S(=O)(=O)n1c(N)nc2ccc(-c3[nH]c(-c4c(F)cccc4Cl)nc3-c3ccccc3)nc21. The third kappa shape index (κ3) is 3.83. The zero-order valence-electron chi connectivity index (χ0n) is 18.6. The number of nitrogens with two attached hydrogens (primary N) is 1. The highest BCUT2D eigenvalue weighted by molar-refractivity contribution is 7.87. The molecular weight excluding hydrogens is 493 g/mol. The summed E-state index contributed by atoms with van der Waals surface area (Å²) >= 11 is 6.29. The maximum absolute atomic E-state index is 14.7. The van der Waals surface area contributed by atoms with Gasteiger partial charge < -0.3 is 10.7 Å². The predicted octanol–water partition coefficient (Wildman–Crippen LogP) is 4.18. The molecular formula is C23H19ClFN7O2S. The van der Waals surface area contributed by atoms with Gasteiger partial charge >= 0.3 is 10.2 Å². The minimum Gasteiger partial charge on any atom is -0.368 e. The minimum absolute atomic E-state index is 0.0489. The van der Waals surface area contributed by atoms with Crippen LogP contribution >= 0.6 is 11.6 Å². The zero-order valence-corrected chi connectivity index (χ0v) is 20.1. The van der Waals surface area contributed by atoms with Crippen LogP contribution in [-0.4, -0.2) is 50.7 Å². The van der Waals surface area contributed by atoms with Gasteiger partial charge in [-0.15, -0.1) is 0 Å². The van der Waals surface area contributed by atoms with Crippen molar-refractivity contribution >= 4 is 38.9 Å². The van der Waals surface area contributed by atoms with Gasteiger partial charge in [-0.2, -0.15) is 16.7 Å². The maximum Gasteiger partial charge on any atom is 0.311 e. The van der Waals surface area contributed by atoms with E-state index < -0.39 is 16.0 Å². The van der Waals surface area contributed by atoms with Crippen LogP contribution in [0.4, 0.5) is 10.3 Å². The first-order valence-corrected chi connectivity index (χ1v) is 12.1. The molecule has 3 heterocycles. The lowest BCUT2D eigenvalue weighted by molar-refractivity contribution is 0.513. The van der Waals surface area contributed by atoms with E-state index in [-0.39, 0.29) is 28.0 Å². The maximum atomic E-state index is 14.7. The Morgan fingerprint density at radius 1 is 1.00 bits per heavy atom. The van der Waals surface area contributed by atoms with Crippen LogP contribution in [0.25, 0.3) is 45.2 Å². The van der Waals surface area contributed by atoms with Gasteiger partial charge in [0.25, 0.3) is 0 Å². The van der Waals surface area contributed by atoms with Gasteiger partial charge in [0.15, 0.2) is 5.65 Å². The molecule has 0 radical (unpaired) electrons. The van der Waals surface area contributed by atoms with Gasteiger partial charge in [0.2, 0.25) is 5.95 Å². The third-order valence-corrected chi connectivity index (χ3v) is 7.45. The number of hydrogen-bond acceptors (Lipinski definition) is 6. The molecule has 178 valence electrons. The monoisotopic (exact) mass is 511 g/mol. The molecule has 0 aliphatic carbocycles. The number of rotatable bonds is 5. The number of anilines is 1. The summed E-state index contributed by atoms with van der Waals surface area (Å²) in [7, 11) is -1.22. The van der Waals surface area contributed by atoms with Crippen LogP contribution in [0.15, 0.2) is 60.7 Å². The fourth-order valence-electron chi connectivity index (χ4n) is 3.69. The van der Waals surface area contributed by atoms with Crippen molar-refractivity contribution in [2.45, 2.75) is 0 Å². The van der Waals surface area contributed by atoms with Crippen LogP contribution in [0.5, 0.6) is 0 Å². The Morgan fingerprint density at radius 2 is 1.74 bits per heavy atom. The molecule has 5 aromatic rings. The third-order valence-electron chi connectivity index (χ3n) is 5.39. The van der Waals surface area contributed by atoms with Crippen LogP contribution in [0.1, 0.15) is 0 Å². The molecule has 0 aliphatic rings. The molecule has 2 aromatic carbocycles. The van der Waals surface area contributed by atoms with E-state index in [0.717, 1.165) is 13.8 Å². The second-order valence-electron chi connectivity index (χ2n) is 7.84.